The minimum absolute atomic E-state index is 0.180. The van der Waals surface area contributed by atoms with Crippen LogP contribution < -0.4 is 4.74 Å². The van der Waals surface area contributed by atoms with E-state index in [0.717, 1.165) is 5.56 Å². The van der Waals surface area contributed by atoms with Gasteiger partial charge in [0.1, 0.15) is 5.75 Å². The first-order valence-corrected chi connectivity index (χ1v) is 6.59. The van der Waals surface area contributed by atoms with Gasteiger partial charge in [0.15, 0.2) is 6.10 Å². The van der Waals surface area contributed by atoms with E-state index < -0.39 is 12.2 Å². The zero-order valence-electron chi connectivity index (χ0n) is 12.5. The van der Waals surface area contributed by atoms with Crippen molar-refractivity contribution in [1.29, 1.82) is 0 Å². The Hall–Kier alpha value is -1.59. The fourth-order valence-electron chi connectivity index (χ4n) is 1.83. The van der Waals surface area contributed by atoms with Crippen LogP contribution in [-0.4, -0.2) is 55.4 Å². The van der Waals surface area contributed by atoms with Crippen molar-refractivity contribution >= 4 is 5.91 Å². The second-order valence-electron chi connectivity index (χ2n) is 4.90. The average molecular weight is 281 g/mol. The quantitative estimate of drug-likeness (QED) is 0.816. The molecule has 5 nitrogen and oxygen atoms in total. The zero-order valence-corrected chi connectivity index (χ0v) is 12.5. The van der Waals surface area contributed by atoms with Crippen LogP contribution in [0, 0.1) is 6.92 Å². The van der Waals surface area contributed by atoms with Gasteiger partial charge in [-0.05, 0) is 26.0 Å². The summed E-state index contributed by atoms with van der Waals surface area (Å²) >= 11 is 0. The van der Waals surface area contributed by atoms with Crippen LogP contribution in [-0.2, 0) is 9.53 Å². The Labute approximate surface area is 120 Å². The van der Waals surface area contributed by atoms with E-state index in [0.29, 0.717) is 5.75 Å². The monoisotopic (exact) mass is 281 g/mol. The summed E-state index contributed by atoms with van der Waals surface area (Å²) in [4.78, 5) is 13.6. The summed E-state index contributed by atoms with van der Waals surface area (Å²) < 4.78 is 10.4. The highest BCUT2D eigenvalue weighted by atomic mass is 16.5. The smallest absolute Gasteiger partial charge is 0.263 e. The lowest BCUT2D eigenvalue weighted by atomic mass is 10.2. The molecule has 2 atom stereocenters. The topological polar surface area (TPSA) is 59.0 Å². The molecule has 20 heavy (non-hydrogen) atoms. The minimum atomic E-state index is -0.694. The van der Waals surface area contributed by atoms with Crippen molar-refractivity contribution in [3.63, 3.8) is 0 Å². The number of aliphatic hydroxyl groups is 1. The van der Waals surface area contributed by atoms with Crippen LogP contribution >= 0.6 is 0 Å². The third-order valence-electron chi connectivity index (χ3n) is 2.90. The van der Waals surface area contributed by atoms with Crippen molar-refractivity contribution in [2.45, 2.75) is 26.1 Å². The molecule has 112 valence electrons. The van der Waals surface area contributed by atoms with Crippen LogP contribution in [0.15, 0.2) is 24.3 Å². The molecule has 1 amide bonds. The van der Waals surface area contributed by atoms with Crippen LogP contribution in [0.4, 0.5) is 0 Å². The number of amides is 1. The van der Waals surface area contributed by atoms with E-state index in [9.17, 15) is 9.90 Å². The molecule has 0 radical (unpaired) electrons. The number of rotatable bonds is 7. The molecular weight excluding hydrogens is 258 g/mol. The number of nitrogens with zero attached hydrogens (tertiary/aromatic N) is 1. The molecule has 0 aromatic heterocycles. The molecule has 2 unspecified atom stereocenters. The van der Waals surface area contributed by atoms with Crippen LogP contribution in [0.1, 0.15) is 12.5 Å². The van der Waals surface area contributed by atoms with E-state index in [4.69, 9.17) is 9.47 Å². The lowest BCUT2D eigenvalue weighted by Crippen LogP contribution is -2.42. The van der Waals surface area contributed by atoms with Crippen LogP contribution in [0.3, 0.4) is 0 Å². The maximum atomic E-state index is 12.1. The third-order valence-corrected chi connectivity index (χ3v) is 2.90. The van der Waals surface area contributed by atoms with Gasteiger partial charge in [0, 0.05) is 20.7 Å². The Bertz CT molecular complexity index is 418. The second-order valence-corrected chi connectivity index (χ2v) is 4.90. The molecule has 0 bridgehead atoms. The third kappa shape index (κ3) is 5.19. The number of carbonyl (C=O) groups excluding carboxylic acids is 1. The van der Waals surface area contributed by atoms with Gasteiger partial charge >= 0.3 is 0 Å². The Balaban J connectivity index is 2.51. The van der Waals surface area contributed by atoms with Crippen LogP contribution in [0.25, 0.3) is 0 Å². The maximum Gasteiger partial charge on any atom is 0.263 e. The van der Waals surface area contributed by atoms with E-state index in [1.807, 2.05) is 31.2 Å². The van der Waals surface area contributed by atoms with Gasteiger partial charge in [0.2, 0.25) is 0 Å². The molecule has 0 saturated heterocycles. The SMILES string of the molecule is COCC(O)CN(C)C(=O)C(C)Oc1ccc(C)cc1. The van der Waals surface area contributed by atoms with E-state index in [1.165, 1.54) is 12.0 Å². The van der Waals surface area contributed by atoms with Crippen molar-refractivity contribution < 1.29 is 19.4 Å². The van der Waals surface area contributed by atoms with E-state index in [-0.39, 0.29) is 19.1 Å². The number of aryl methyl sites for hydroxylation is 1. The molecule has 0 aliphatic carbocycles. The molecular formula is C15H23NO4. The first-order chi connectivity index (χ1) is 9.43. The van der Waals surface area contributed by atoms with Crippen molar-refractivity contribution in [1.82, 2.24) is 4.90 Å². The maximum absolute atomic E-state index is 12.1. The lowest BCUT2D eigenvalue weighted by molar-refractivity contribution is -0.138. The van der Waals surface area contributed by atoms with Gasteiger partial charge < -0.3 is 19.5 Å². The van der Waals surface area contributed by atoms with Crippen LogP contribution in [0.2, 0.25) is 0 Å². The Morgan fingerprint density at radius 3 is 2.50 bits per heavy atom. The summed E-state index contributed by atoms with van der Waals surface area (Å²) in [5.74, 6) is 0.475. The first-order valence-electron chi connectivity index (χ1n) is 6.59. The number of carbonyl (C=O) groups is 1. The highest BCUT2D eigenvalue weighted by Crippen LogP contribution is 2.14. The van der Waals surface area contributed by atoms with Gasteiger partial charge in [0.05, 0.1) is 12.7 Å². The second kappa shape index (κ2) is 7.87. The predicted octanol–water partition coefficient (Wildman–Crippen LogP) is 1.23. The fourth-order valence-corrected chi connectivity index (χ4v) is 1.83. The first kappa shape index (κ1) is 16.5. The number of likely N-dealkylation sites (N-methyl/N-ethyl adjacent to an activating group) is 1. The molecule has 1 rings (SSSR count). The van der Waals surface area contributed by atoms with Gasteiger partial charge in [-0.2, -0.15) is 0 Å². The highest BCUT2D eigenvalue weighted by molar-refractivity contribution is 5.80. The van der Waals surface area contributed by atoms with Crippen molar-refractivity contribution in [3.05, 3.63) is 29.8 Å². The van der Waals surface area contributed by atoms with Gasteiger partial charge in [-0.3, -0.25) is 4.79 Å². The normalized spacial score (nSPS) is 13.7. The molecule has 1 N–H and O–H groups in total. The summed E-state index contributed by atoms with van der Waals surface area (Å²) in [5.41, 5.74) is 1.14. The Morgan fingerprint density at radius 2 is 1.95 bits per heavy atom. The predicted molar refractivity (Wildman–Crippen MR) is 76.8 cm³/mol. The van der Waals surface area contributed by atoms with E-state index in [2.05, 4.69) is 0 Å². The number of hydrogen-bond donors (Lipinski definition) is 1. The zero-order chi connectivity index (χ0) is 15.1. The summed E-state index contributed by atoms with van der Waals surface area (Å²) in [7, 11) is 3.14. The Kier molecular flexibility index (Phi) is 6.48. The number of benzene rings is 1. The van der Waals surface area contributed by atoms with E-state index in [1.54, 1.807) is 14.0 Å². The lowest BCUT2D eigenvalue weighted by Gasteiger charge is -2.24. The van der Waals surface area contributed by atoms with Crippen molar-refractivity contribution in [3.8, 4) is 5.75 Å². The van der Waals surface area contributed by atoms with Crippen molar-refractivity contribution in [2.24, 2.45) is 0 Å². The molecule has 0 fully saturated rings. The number of aliphatic hydroxyl groups excluding tert-OH is 1. The molecule has 0 saturated carbocycles. The van der Waals surface area contributed by atoms with Gasteiger partial charge in [-0.1, -0.05) is 17.7 Å². The summed E-state index contributed by atoms with van der Waals surface area (Å²) in [6.07, 6.45) is -1.29. The Morgan fingerprint density at radius 1 is 1.35 bits per heavy atom. The highest BCUT2D eigenvalue weighted by Gasteiger charge is 2.21. The largest absolute Gasteiger partial charge is 0.481 e. The number of hydrogen-bond acceptors (Lipinski definition) is 4. The summed E-state index contributed by atoms with van der Waals surface area (Å²) in [6.45, 7) is 4.10. The van der Waals surface area contributed by atoms with Gasteiger partial charge in [-0.15, -0.1) is 0 Å². The molecule has 0 spiro atoms. The number of ether oxygens (including phenoxy) is 2. The number of methoxy groups -OCH3 is 1. The van der Waals surface area contributed by atoms with Gasteiger partial charge in [0.25, 0.3) is 5.91 Å². The van der Waals surface area contributed by atoms with E-state index >= 15 is 0 Å². The molecule has 5 heteroatoms. The molecule has 1 aromatic rings. The molecule has 0 aliphatic heterocycles. The van der Waals surface area contributed by atoms with Gasteiger partial charge in [-0.25, -0.2) is 0 Å². The standard InChI is InChI=1S/C15H23NO4/c1-11-5-7-14(8-6-11)20-12(2)15(18)16(3)9-13(17)10-19-4/h5-8,12-13,17H,9-10H2,1-4H3. The van der Waals surface area contributed by atoms with Crippen LogP contribution in [0.5, 0.6) is 5.75 Å². The summed E-state index contributed by atoms with van der Waals surface area (Å²) in [5, 5.41) is 9.61. The van der Waals surface area contributed by atoms with Crippen molar-refractivity contribution in [2.75, 3.05) is 27.3 Å². The summed E-state index contributed by atoms with van der Waals surface area (Å²) in [6, 6.07) is 7.52. The minimum Gasteiger partial charge on any atom is -0.481 e. The average Bonchev–Trinajstić information content (AvgIpc) is 2.40. The molecule has 1 aromatic carbocycles. The molecule has 0 aliphatic rings. The molecule has 0 heterocycles. The fraction of sp³-hybridized carbons (Fsp3) is 0.533.